The Morgan fingerprint density at radius 2 is 1.83 bits per heavy atom. The van der Waals surface area contributed by atoms with Crippen LogP contribution in [0.3, 0.4) is 0 Å². The molecule has 2 saturated carbocycles. The Kier molecular flexibility index (Phi) is 5.99. The van der Waals surface area contributed by atoms with Crippen LogP contribution in [0, 0.1) is 11.3 Å². The summed E-state index contributed by atoms with van der Waals surface area (Å²) < 4.78 is 5.38. The SMILES string of the molecule is CC(NC(CNC(=O)OC(C)(C)C)C1CCCCC1)C1(C)CC1. The van der Waals surface area contributed by atoms with Crippen molar-refractivity contribution >= 4 is 6.09 Å². The zero-order chi connectivity index (χ0) is 17.1. The maximum Gasteiger partial charge on any atom is 0.407 e. The molecule has 2 aliphatic rings. The number of rotatable bonds is 6. The van der Waals surface area contributed by atoms with Gasteiger partial charge in [0.25, 0.3) is 0 Å². The van der Waals surface area contributed by atoms with Crippen molar-refractivity contribution in [3.63, 3.8) is 0 Å². The molecule has 0 aromatic heterocycles. The van der Waals surface area contributed by atoms with E-state index in [0.29, 0.717) is 30.0 Å². The van der Waals surface area contributed by atoms with Crippen LogP contribution >= 0.6 is 0 Å². The fraction of sp³-hybridized carbons (Fsp3) is 0.947. The molecule has 0 saturated heterocycles. The number of nitrogens with one attached hydrogen (secondary N) is 2. The summed E-state index contributed by atoms with van der Waals surface area (Å²) in [4.78, 5) is 12.0. The molecule has 2 atom stereocenters. The summed E-state index contributed by atoms with van der Waals surface area (Å²) in [6, 6.07) is 0.866. The Hall–Kier alpha value is -0.770. The van der Waals surface area contributed by atoms with E-state index in [2.05, 4.69) is 24.5 Å². The van der Waals surface area contributed by atoms with Gasteiger partial charge in [0.1, 0.15) is 5.60 Å². The third-order valence-electron chi connectivity index (χ3n) is 5.63. The Balaban J connectivity index is 1.88. The van der Waals surface area contributed by atoms with Crippen molar-refractivity contribution in [1.82, 2.24) is 10.6 Å². The number of ether oxygens (including phenoxy) is 1. The number of carbonyl (C=O) groups is 1. The van der Waals surface area contributed by atoms with Crippen molar-refractivity contribution in [2.75, 3.05) is 6.54 Å². The fourth-order valence-electron chi connectivity index (χ4n) is 3.56. The van der Waals surface area contributed by atoms with Gasteiger partial charge in [0.2, 0.25) is 0 Å². The van der Waals surface area contributed by atoms with E-state index in [-0.39, 0.29) is 6.09 Å². The van der Waals surface area contributed by atoms with E-state index < -0.39 is 5.60 Å². The normalized spacial score (nSPS) is 23.9. The molecule has 0 radical (unpaired) electrons. The molecule has 4 nitrogen and oxygen atoms in total. The van der Waals surface area contributed by atoms with Gasteiger partial charge in [-0.3, -0.25) is 0 Å². The first-order valence-electron chi connectivity index (χ1n) is 9.42. The first-order chi connectivity index (χ1) is 10.7. The Morgan fingerprint density at radius 3 is 2.35 bits per heavy atom. The third-order valence-corrected chi connectivity index (χ3v) is 5.63. The lowest BCUT2D eigenvalue weighted by Gasteiger charge is -2.35. The summed E-state index contributed by atoms with van der Waals surface area (Å²) >= 11 is 0. The van der Waals surface area contributed by atoms with Crippen LogP contribution in [-0.2, 0) is 4.74 Å². The van der Waals surface area contributed by atoms with E-state index in [1.165, 1.54) is 44.9 Å². The van der Waals surface area contributed by atoms with Crippen molar-refractivity contribution in [2.24, 2.45) is 11.3 Å². The summed E-state index contributed by atoms with van der Waals surface area (Å²) in [5, 5.41) is 6.83. The molecule has 0 bridgehead atoms. The average molecular weight is 325 g/mol. The first-order valence-corrected chi connectivity index (χ1v) is 9.42. The molecule has 4 heteroatoms. The van der Waals surface area contributed by atoms with Gasteiger partial charge in [-0.05, 0) is 64.7 Å². The Morgan fingerprint density at radius 1 is 1.22 bits per heavy atom. The molecular formula is C19H36N2O2. The van der Waals surface area contributed by atoms with Crippen molar-refractivity contribution in [2.45, 2.75) is 97.2 Å². The van der Waals surface area contributed by atoms with Gasteiger partial charge >= 0.3 is 6.09 Å². The molecule has 2 N–H and O–H groups in total. The molecular weight excluding hydrogens is 288 g/mol. The monoisotopic (exact) mass is 324 g/mol. The Labute approximate surface area is 142 Å². The van der Waals surface area contributed by atoms with Gasteiger partial charge in [0.05, 0.1) is 0 Å². The van der Waals surface area contributed by atoms with Crippen LogP contribution in [0.25, 0.3) is 0 Å². The minimum absolute atomic E-state index is 0.301. The second kappa shape index (κ2) is 7.42. The van der Waals surface area contributed by atoms with Crippen LogP contribution in [0.4, 0.5) is 4.79 Å². The first kappa shape index (κ1) is 18.6. The van der Waals surface area contributed by atoms with Crippen molar-refractivity contribution in [3.05, 3.63) is 0 Å². The van der Waals surface area contributed by atoms with Gasteiger partial charge in [-0.1, -0.05) is 26.2 Å². The maximum absolute atomic E-state index is 12.0. The largest absolute Gasteiger partial charge is 0.444 e. The quantitative estimate of drug-likeness (QED) is 0.768. The number of carbonyl (C=O) groups excluding carboxylic acids is 1. The molecule has 23 heavy (non-hydrogen) atoms. The van der Waals surface area contributed by atoms with Crippen molar-refractivity contribution < 1.29 is 9.53 Å². The molecule has 2 unspecified atom stereocenters. The minimum Gasteiger partial charge on any atom is -0.444 e. The van der Waals surface area contributed by atoms with Gasteiger partial charge in [-0.25, -0.2) is 4.79 Å². The van der Waals surface area contributed by atoms with E-state index in [9.17, 15) is 4.79 Å². The molecule has 1 amide bonds. The van der Waals surface area contributed by atoms with Crippen LogP contribution in [0.5, 0.6) is 0 Å². The topological polar surface area (TPSA) is 50.4 Å². The summed E-state index contributed by atoms with van der Waals surface area (Å²) in [5.74, 6) is 0.670. The molecule has 0 heterocycles. The minimum atomic E-state index is -0.438. The van der Waals surface area contributed by atoms with Gasteiger partial charge in [-0.2, -0.15) is 0 Å². The molecule has 134 valence electrons. The Bertz CT molecular complexity index is 393. The van der Waals surface area contributed by atoms with E-state index in [4.69, 9.17) is 4.74 Å². The lowest BCUT2D eigenvalue weighted by atomic mass is 9.83. The second-order valence-electron chi connectivity index (χ2n) is 8.93. The summed E-state index contributed by atoms with van der Waals surface area (Å²) in [6.45, 7) is 11.0. The molecule has 2 fully saturated rings. The lowest BCUT2D eigenvalue weighted by Crippen LogP contribution is -2.51. The molecule has 2 aliphatic carbocycles. The lowest BCUT2D eigenvalue weighted by molar-refractivity contribution is 0.0513. The van der Waals surface area contributed by atoms with E-state index >= 15 is 0 Å². The highest BCUT2D eigenvalue weighted by atomic mass is 16.6. The average Bonchev–Trinajstić information content (AvgIpc) is 3.21. The van der Waals surface area contributed by atoms with Crippen molar-refractivity contribution in [1.29, 1.82) is 0 Å². The smallest absolute Gasteiger partial charge is 0.407 e. The van der Waals surface area contributed by atoms with Gasteiger partial charge < -0.3 is 15.4 Å². The zero-order valence-corrected chi connectivity index (χ0v) is 15.7. The van der Waals surface area contributed by atoms with Crippen LogP contribution in [-0.4, -0.2) is 30.3 Å². The third kappa shape index (κ3) is 5.98. The second-order valence-corrected chi connectivity index (χ2v) is 8.93. The van der Waals surface area contributed by atoms with Crippen LogP contribution < -0.4 is 10.6 Å². The summed E-state index contributed by atoms with van der Waals surface area (Å²) in [7, 11) is 0. The molecule has 2 rings (SSSR count). The number of hydrogen-bond acceptors (Lipinski definition) is 3. The summed E-state index contributed by atoms with van der Waals surface area (Å²) in [5.41, 5.74) is 0.0193. The highest BCUT2D eigenvalue weighted by Crippen LogP contribution is 2.48. The van der Waals surface area contributed by atoms with Crippen LogP contribution in [0.1, 0.15) is 79.6 Å². The molecule has 0 aliphatic heterocycles. The van der Waals surface area contributed by atoms with Crippen LogP contribution in [0.2, 0.25) is 0 Å². The number of alkyl carbamates (subject to hydrolysis) is 1. The van der Waals surface area contributed by atoms with E-state index in [1.807, 2.05) is 20.8 Å². The molecule has 0 aromatic carbocycles. The van der Waals surface area contributed by atoms with Gasteiger partial charge in [0, 0.05) is 18.6 Å². The van der Waals surface area contributed by atoms with E-state index in [0.717, 1.165) is 0 Å². The van der Waals surface area contributed by atoms with E-state index in [1.54, 1.807) is 0 Å². The molecule has 0 spiro atoms. The maximum atomic E-state index is 12.0. The zero-order valence-electron chi connectivity index (χ0n) is 15.7. The predicted molar refractivity (Wildman–Crippen MR) is 94.5 cm³/mol. The predicted octanol–water partition coefficient (Wildman–Crippen LogP) is 4.24. The van der Waals surface area contributed by atoms with Gasteiger partial charge in [-0.15, -0.1) is 0 Å². The highest BCUT2D eigenvalue weighted by molar-refractivity contribution is 5.67. The molecule has 0 aromatic rings. The van der Waals surface area contributed by atoms with Crippen molar-refractivity contribution in [3.8, 4) is 0 Å². The highest BCUT2D eigenvalue weighted by Gasteiger charge is 2.43. The van der Waals surface area contributed by atoms with Gasteiger partial charge in [0.15, 0.2) is 0 Å². The standard InChI is InChI=1S/C19H36N2O2/c1-14(19(5)11-12-19)21-16(15-9-7-6-8-10-15)13-20-17(22)23-18(2,3)4/h14-16,21H,6-13H2,1-5H3,(H,20,22). The fourth-order valence-corrected chi connectivity index (χ4v) is 3.56. The number of hydrogen-bond donors (Lipinski definition) is 2. The number of amides is 1. The van der Waals surface area contributed by atoms with Crippen LogP contribution in [0.15, 0.2) is 0 Å². The summed E-state index contributed by atoms with van der Waals surface area (Å²) in [6.07, 6.45) is 8.88.